The minimum Gasteiger partial charge on any atom is -0.388 e. The molecule has 6 N–H and O–H groups in total. The Balaban J connectivity index is 1.83. The lowest BCUT2D eigenvalue weighted by Gasteiger charge is -2.38. The van der Waals surface area contributed by atoms with E-state index < -0.39 is 36.7 Å². The van der Waals surface area contributed by atoms with Gasteiger partial charge in [0, 0.05) is 12.2 Å². The van der Waals surface area contributed by atoms with Crippen LogP contribution in [0.5, 0.6) is 0 Å². The van der Waals surface area contributed by atoms with E-state index in [2.05, 4.69) is 10.6 Å². The van der Waals surface area contributed by atoms with Gasteiger partial charge in [0.25, 0.3) is 0 Å². The van der Waals surface area contributed by atoms with E-state index in [1.165, 1.54) is 0 Å². The van der Waals surface area contributed by atoms with E-state index in [0.717, 1.165) is 0 Å². The van der Waals surface area contributed by atoms with Gasteiger partial charge in [0.1, 0.15) is 24.4 Å². The minimum absolute atomic E-state index is 0.138. The van der Waals surface area contributed by atoms with Crippen LogP contribution in [-0.2, 0) is 4.74 Å². The highest BCUT2D eigenvalue weighted by Gasteiger charge is 2.42. The number of rotatable bonds is 3. The number of urea groups is 1. The van der Waals surface area contributed by atoms with Gasteiger partial charge in [-0.15, -0.1) is 0 Å². The molecule has 5 unspecified atom stereocenters. The lowest BCUT2D eigenvalue weighted by Crippen LogP contribution is -2.60. The van der Waals surface area contributed by atoms with Gasteiger partial charge in [0.15, 0.2) is 6.29 Å². The summed E-state index contributed by atoms with van der Waals surface area (Å²) in [5, 5.41) is 42.9. The van der Waals surface area contributed by atoms with E-state index in [9.17, 15) is 25.2 Å². The normalized spacial score (nSPS) is 32.5. The molecule has 2 rings (SSSR count). The summed E-state index contributed by atoms with van der Waals surface area (Å²) in [6.07, 6.45) is -7.19. The zero-order valence-corrected chi connectivity index (χ0v) is 11.1. The summed E-state index contributed by atoms with van der Waals surface area (Å²) >= 11 is 0. The summed E-state index contributed by atoms with van der Waals surface area (Å²) in [7, 11) is 0. The summed E-state index contributed by atoms with van der Waals surface area (Å²) in [5.74, 6) is 0. The molecule has 21 heavy (non-hydrogen) atoms. The first-order chi connectivity index (χ1) is 9.99. The number of aliphatic hydroxyl groups excluding tert-OH is 4. The molecule has 0 saturated carbocycles. The first-order valence-electron chi connectivity index (χ1n) is 6.46. The number of aliphatic hydroxyl groups is 4. The molecule has 1 heterocycles. The number of anilines is 1. The van der Waals surface area contributed by atoms with E-state index in [1.54, 1.807) is 24.3 Å². The second-order valence-electron chi connectivity index (χ2n) is 4.74. The molecule has 5 atom stereocenters. The van der Waals surface area contributed by atoms with Crippen molar-refractivity contribution in [2.45, 2.75) is 30.7 Å². The Kier molecular flexibility index (Phi) is 5.10. The van der Waals surface area contributed by atoms with Crippen LogP contribution in [0, 0.1) is 0 Å². The number of para-hydroxylation sites is 1. The van der Waals surface area contributed by atoms with Crippen molar-refractivity contribution in [3.63, 3.8) is 0 Å². The van der Waals surface area contributed by atoms with E-state index in [1.807, 2.05) is 6.07 Å². The van der Waals surface area contributed by atoms with Crippen molar-refractivity contribution in [1.29, 1.82) is 0 Å². The summed E-state index contributed by atoms with van der Waals surface area (Å²) in [6, 6.07) is 8.22. The van der Waals surface area contributed by atoms with Gasteiger partial charge in [-0.2, -0.15) is 0 Å². The highest BCUT2D eigenvalue weighted by atomic mass is 16.6. The van der Waals surface area contributed by atoms with Gasteiger partial charge in [-0.1, -0.05) is 18.2 Å². The number of benzene rings is 1. The second-order valence-corrected chi connectivity index (χ2v) is 4.74. The Bertz CT molecular complexity index is 471. The molecule has 1 aliphatic heterocycles. The fraction of sp³-hybridized carbons (Fsp3) is 0.462. The van der Waals surface area contributed by atoms with Gasteiger partial charge in [0.05, 0.1) is 0 Å². The Morgan fingerprint density at radius 2 is 1.71 bits per heavy atom. The van der Waals surface area contributed by atoms with Crippen LogP contribution in [0.4, 0.5) is 10.5 Å². The largest absolute Gasteiger partial charge is 0.388 e. The monoisotopic (exact) mass is 298 g/mol. The standard InChI is InChI=1S/C13H18N2O6/c16-9-8(21-12(19)11(18)10(9)17)6-14-13(20)15-7-4-2-1-3-5-7/h1-5,8-12,16-19H,6H2,(H2,14,15,20). The first kappa shape index (κ1) is 15.7. The molecule has 1 fully saturated rings. The Labute approximate surface area is 121 Å². The fourth-order valence-corrected chi connectivity index (χ4v) is 1.99. The van der Waals surface area contributed by atoms with Crippen LogP contribution in [0.25, 0.3) is 0 Å². The predicted molar refractivity (Wildman–Crippen MR) is 72.4 cm³/mol. The molecule has 0 aliphatic carbocycles. The zero-order valence-electron chi connectivity index (χ0n) is 11.1. The Hall–Kier alpha value is -1.71. The number of nitrogens with one attached hydrogen (secondary N) is 2. The second kappa shape index (κ2) is 6.83. The fourth-order valence-electron chi connectivity index (χ4n) is 1.99. The maximum absolute atomic E-state index is 11.7. The number of ether oxygens (including phenoxy) is 1. The molecule has 1 aromatic rings. The molecule has 1 aromatic carbocycles. The molecule has 1 saturated heterocycles. The molecular formula is C13H18N2O6. The Morgan fingerprint density at radius 1 is 1.05 bits per heavy atom. The van der Waals surface area contributed by atoms with Crippen molar-refractivity contribution in [3.05, 3.63) is 30.3 Å². The number of carbonyl (C=O) groups is 1. The van der Waals surface area contributed by atoms with Crippen LogP contribution in [0.1, 0.15) is 0 Å². The summed E-state index contributed by atoms with van der Waals surface area (Å²) in [4.78, 5) is 11.7. The van der Waals surface area contributed by atoms with Crippen LogP contribution in [0.15, 0.2) is 30.3 Å². The van der Waals surface area contributed by atoms with Crippen molar-refractivity contribution < 1.29 is 30.0 Å². The number of hydrogen-bond acceptors (Lipinski definition) is 6. The lowest BCUT2D eigenvalue weighted by molar-refractivity contribution is -0.279. The highest BCUT2D eigenvalue weighted by Crippen LogP contribution is 2.19. The molecule has 0 radical (unpaired) electrons. The molecule has 0 bridgehead atoms. The molecule has 8 heteroatoms. The molecule has 8 nitrogen and oxygen atoms in total. The quantitative estimate of drug-likeness (QED) is 0.407. The predicted octanol–water partition coefficient (Wildman–Crippen LogP) is -1.39. The van der Waals surface area contributed by atoms with Gasteiger partial charge in [-0.25, -0.2) is 4.79 Å². The molecule has 116 valence electrons. The van der Waals surface area contributed by atoms with Crippen LogP contribution >= 0.6 is 0 Å². The van der Waals surface area contributed by atoms with Crippen LogP contribution in [-0.4, -0.2) is 63.7 Å². The van der Waals surface area contributed by atoms with E-state index in [0.29, 0.717) is 5.69 Å². The number of carbonyl (C=O) groups excluding carboxylic acids is 1. The van der Waals surface area contributed by atoms with Crippen LogP contribution in [0.3, 0.4) is 0 Å². The van der Waals surface area contributed by atoms with Gasteiger partial charge in [-0.05, 0) is 12.1 Å². The summed E-state index contributed by atoms with van der Waals surface area (Å²) < 4.78 is 4.93. The van der Waals surface area contributed by atoms with Gasteiger partial charge in [-0.3, -0.25) is 0 Å². The summed E-state index contributed by atoms with van der Waals surface area (Å²) in [5.41, 5.74) is 0.593. The minimum atomic E-state index is -1.62. The Morgan fingerprint density at radius 3 is 2.38 bits per heavy atom. The lowest BCUT2D eigenvalue weighted by atomic mass is 9.99. The molecular weight excluding hydrogens is 280 g/mol. The molecule has 0 spiro atoms. The van der Waals surface area contributed by atoms with E-state index in [4.69, 9.17) is 4.74 Å². The topological polar surface area (TPSA) is 131 Å². The van der Waals surface area contributed by atoms with Gasteiger partial charge >= 0.3 is 6.03 Å². The number of amides is 2. The third kappa shape index (κ3) is 3.90. The molecule has 1 aliphatic rings. The SMILES string of the molecule is O=C(NCC1OC(O)C(O)C(O)C1O)Nc1ccccc1. The van der Waals surface area contributed by atoms with Crippen LogP contribution < -0.4 is 10.6 Å². The van der Waals surface area contributed by atoms with Gasteiger partial charge in [0.2, 0.25) is 0 Å². The molecule has 0 aromatic heterocycles. The third-order valence-corrected chi connectivity index (χ3v) is 3.18. The van der Waals surface area contributed by atoms with Gasteiger partial charge < -0.3 is 35.8 Å². The van der Waals surface area contributed by atoms with Crippen molar-refractivity contribution in [2.75, 3.05) is 11.9 Å². The third-order valence-electron chi connectivity index (χ3n) is 3.18. The van der Waals surface area contributed by atoms with E-state index in [-0.39, 0.29) is 6.54 Å². The zero-order chi connectivity index (χ0) is 15.4. The summed E-state index contributed by atoms with van der Waals surface area (Å²) in [6.45, 7) is -0.138. The maximum atomic E-state index is 11.7. The van der Waals surface area contributed by atoms with Crippen molar-refractivity contribution in [2.24, 2.45) is 0 Å². The van der Waals surface area contributed by atoms with Crippen molar-refractivity contribution in [3.8, 4) is 0 Å². The average Bonchev–Trinajstić information content (AvgIpc) is 2.48. The van der Waals surface area contributed by atoms with Crippen molar-refractivity contribution in [1.82, 2.24) is 5.32 Å². The number of hydrogen-bond donors (Lipinski definition) is 6. The highest BCUT2D eigenvalue weighted by molar-refractivity contribution is 5.89. The van der Waals surface area contributed by atoms with Crippen molar-refractivity contribution >= 4 is 11.7 Å². The first-order valence-corrected chi connectivity index (χ1v) is 6.46. The molecule has 2 amide bonds. The maximum Gasteiger partial charge on any atom is 0.319 e. The van der Waals surface area contributed by atoms with E-state index >= 15 is 0 Å². The average molecular weight is 298 g/mol. The van der Waals surface area contributed by atoms with Crippen LogP contribution in [0.2, 0.25) is 0 Å². The smallest absolute Gasteiger partial charge is 0.319 e.